The summed E-state index contributed by atoms with van der Waals surface area (Å²) in [6.45, 7) is 6.26. The maximum atomic E-state index is 13.0. The molecule has 0 aliphatic rings. The molecule has 0 aliphatic carbocycles. The van der Waals surface area contributed by atoms with Crippen molar-refractivity contribution in [1.82, 2.24) is 21.7 Å². The monoisotopic (exact) mass is 610 g/mol. The molecule has 0 fully saturated rings. The molecule has 0 bridgehead atoms. The lowest BCUT2D eigenvalue weighted by Gasteiger charge is -2.18. The third-order valence-electron chi connectivity index (χ3n) is 7.60. The van der Waals surface area contributed by atoms with Crippen LogP contribution in [-0.4, -0.2) is 33.8 Å². The van der Waals surface area contributed by atoms with Crippen LogP contribution in [0.25, 0.3) is 0 Å². The van der Waals surface area contributed by atoms with E-state index in [1.807, 2.05) is 0 Å². The summed E-state index contributed by atoms with van der Waals surface area (Å²) in [6.07, 6.45) is 10.9. The summed E-state index contributed by atoms with van der Waals surface area (Å²) in [6, 6.07) is 9.78. The molecule has 2 aromatic carbocycles. The van der Waals surface area contributed by atoms with E-state index in [0.717, 1.165) is 75.3 Å². The van der Waals surface area contributed by atoms with Gasteiger partial charge in [0.2, 0.25) is 11.8 Å². The number of aryl methyl sites for hydroxylation is 2. The molecule has 0 radical (unpaired) electrons. The molecule has 0 spiro atoms. The number of aromatic hydroxyl groups is 2. The molecule has 0 aliphatic heterocycles. The molecule has 1 atom stereocenters. The van der Waals surface area contributed by atoms with Crippen molar-refractivity contribution in [3.63, 3.8) is 0 Å². The van der Waals surface area contributed by atoms with Gasteiger partial charge in [0.1, 0.15) is 11.5 Å². The Morgan fingerprint density at radius 1 is 0.614 bits per heavy atom. The van der Waals surface area contributed by atoms with E-state index in [9.17, 15) is 29.4 Å². The normalized spacial score (nSPS) is 11.4. The number of rotatable bonds is 18. The smallest absolute Gasteiger partial charge is 0.273 e. The number of phenols is 2. The molecule has 0 saturated heterocycles. The minimum Gasteiger partial charge on any atom is -0.507 e. The molecule has 0 saturated carbocycles. The Morgan fingerprint density at radius 2 is 1.11 bits per heavy atom. The second-order valence-corrected chi connectivity index (χ2v) is 11.3. The molecule has 2 aromatic rings. The lowest BCUT2D eigenvalue weighted by atomic mass is 9.94. The molecule has 0 aromatic heterocycles. The van der Waals surface area contributed by atoms with Gasteiger partial charge in [-0.2, -0.15) is 0 Å². The van der Waals surface area contributed by atoms with Crippen molar-refractivity contribution in [3.05, 3.63) is 58.7 Å². The van der Waals surface area contributed by atoms with Gasteiger partial charge in [-0.15, -0.1) is 0 Å². The zero-order chi connectivity index (χ0) is 32.3. The Labute approximate surface area is 261 Å². The predicted octanol–water partition coefficient (Wildman–Crippen LogP) is 5.76. The number of nitrogens with one attached hydrogen (secondary N) is 4. The van der Waals surface area contributed by atoms with Crippen molar-refractivity contribution < 1.29 is 29.4 Å². The summed E-state index contributed by atoms with van der Waals surface area (Å²) >= 11 is 0. The highest BCUT2D eigenvalue weighted by Crippen LogP contribution is 2.21. The molecule has 44 heavy (non-hydrogen) atoms. The Hall–Kier alpha value is -4.08. The second kappa shape index (κ2) is 20.0. The van der Waals surface area contributed by atoms with Crippen molar-refractivity contribution in [2.24, 2.45) is 5.92 Å². The van der Waals surface area contributed by atoms with Crippen LogP contribution >= 0.6 is 0 Å². The molecule has 242 valence electrons. The number of benzene rings is 2. The van der Waals surface area contributed by atoms with E-state index in [2.05, 4.69) is 42.5 Å². The van der Waals surface area contributed by atoms with Gasteiger partial charge in [0.25, 0.3) is 11.8 Å². The van der Waals surface area contributed by atoms with E-state index >= 15 is 0 Å². The third-order valence-corrected chi connectivity index (χ3v) is 7.60. The average Bonchev–Trinajstić information content (AvgIpc) is 3.02. The van der Waals surface area contributed by atoms with Gasteiger partial charge in [-0.3, -0.25) is 40.9 Å². The van der Waals surface area contributed by atoms with Crippen LogP contribution in [0.5, 0.6) is 11.5 Å². The molecule has 4 amide bonds. The van der Waals surface area contributed by atoms with Gasteiger partial charge >= 0.3 is 0 Å². The molecule has 6 N–H and O–H groups in total. The first-order valence-corrected chi connectivity index (χ1v) is 16.0. The standard InChI is InChI=1S/C34H50N4O6/c1-4-7-10-11-15-26(32(42)36-38-34(44)28-23-25(14-9-6-3)19-21-30(28)40)16-12-17-31(41)35-37-33(43)27-22-24(13-8-5-2)18-20-29(27)39/h18-23,26,39-40H,4-17H2,1-3H3,(H,35,41)(H,36,42)(H,37,43)(H,38,44). The molecule has 2 rings (SSSR count). The Kier molecular flexibility index (Phi) is 16.4. The zero-order valence-corrected chi connectivity index (χ0v) is 26.5. The average molecular weight is 611 g/mol. The summed E-state index contributed by atoms with van der Waals surface area (Å²) < 4.78 is 0. The predicted molar refractivity (Wildman–Crippen MR) is 171 cm³/mol. The fraction of sp³-hybridized carbons (Fsp3) is 0.529. The van der Waals surface area contributed by atoms with Crippen LogP contribution < -0.4 is 21.7 Å². The van der Waals surface area contributed by atoms with E-state index in [1.165, 1.54) is 12.1 Å². The van der Waals surface area contributed by atoms with Gasteiger partial charge in [0.15, 0.2) is 0 Å². The topological polar surface area (TPSA) is 157 Å². The molecule has 10 heteroatoms. The molecule has 1 unspecified atom stereocenters. The third kappa shape index (κ3) is 12.7. The van der Waals surface area contributed by atoms with Crippen molar-refractivity contribution in [2.75, 3.05) is 0 Å². The quantitative estimate of drug-likeness (QED) is 0.0930. The highest BCUT2D eigenvalue weighted by atomic mass is 16.3. The number of hydrogen-bond donors (Lipinski definition) is 6. The van der Waals surface area contributed by atoms with E-state index in [-0.39, 0.29) is 35.0 Å². The SMILES string of the molecule is CCCCCCC(CCCC(=O)NNC(=O)c1cc(CCCC)ccc1O)C(=O)NNC(=O)c1cc(CCCC)ccc1O. The molecule has 0 heterocycles. The largest absolute Gasteiger partial charge is 0.507 e. The van der Waals surface area contributed by atoms with E-state index < -0.39 is 23.6 Å². The van der Waals surface area contributed by atoms with E-state index in [4.69, 9.17) is 0 Å². The lowest BCUT2D eigenvalue weighted by molar-refractivity contribution is -0.127. The fourth-order valence-electron chi connectivity index (χ4n) is 4.88. The van der Waals surface area contributed by atoms with Gasteiger partial charge in [0.05, 0.1) is 11.1 Å². The number of amides is 4. The summed E-state index contributed by atoms with van der Waals surface area (Å²) in [7, 11) is 0. The van der Waals surface area contributed by atoms with Crippen molar-refractivity contribution in [3.8, 4) is 11.5 Å². The highest BCUT2D eigenvalue weighted by Gasteiger charge is 2.21. The van der Waals surface area contributed by atoms with Crippen LogP contribution in [-0.2, 0) is 22.4 Å². The van der Waals surface area contributed by atoms with E-state index in [1.54, 1.807) is 24.3 Å². The van der Waals surface area contributed by atoms with E-state index in [0.29, 0.717) is 19.3 Å². The first kappa shape index (κ1) is 36.1. The summed E-state index contributed by atoms with van der Waals surface area (Å²) in [5.41, 5.74) is 11.7. The van der Waals surface area contributed by atoms with Crippen LogP contribution in [0, 0.1) is 5.92 Å². The van der Waals surface area contributed by atoms with Crippen LogP contribution in [0.4, 0.5) is 0 Å². The molecular weight excluding hydrogens is 560 g/mol. The Balaban J connectivity index is 1.89. The number of unbranched alkanes of at least 4 members (excludes halogenated alkanes) is 5. The zero-order valence-electron chi connectivity index (χ0n) is 26.5. The first-order chi connectivity index (χ1) is 21.2. The van der Waals surface area contributed by atoms with Crippen molar-refractivity contribution in [2.45, 2.75) is 111 Å². The number of phenolic OH excluding ortho intramolecular Hbond substituents is 2. The number of carbonyl (C=O) groups excluding carboxylic acids is 4. The highest BCUT2D eigenvalue weighted by molar-refractivity contribution is 5.98. The molecular formula is C34H50N4O6. The van der Waals surface area contributed by atoms with Crippen LogP contribution in [0.3, 0.4) is 0 Å². The van der Waals surface area contributed by atoms with Gasteiger partial charge in [0, 0.05) is 12.3 Å². The van der Waals surface area contributed by atoms with Crippen molar-refractivity contribution >= 4 is 23.6 Å². The lowest BCUT2D eigenvalue weighted by Crippen LogP contribution is -2.44. The van der Waals surface area contributed by atoms with Gasteiger partial charge in [-0.25, -0.2) is 0 Å². The summed E-state index contributed by atoms with van der Waals surface area (Å²) in [5, 5.41) is 20.3. The Morgan fingerprint density at radius 3 is 1.64 bits per heavy atom. The maximum Gasteiger partial charge on any atom is 0.273 e. The first-order valence-electron chi connectivity index (χ1n) is 16.0. The Bertz CT molecular complexity index is 1230. The van der Waals surface area contributed by atoms with Gasteiger partial charge in [-0.05, 0) is 80.3 Å². The molecule has 10 nitrogen and oxygen atoms in total. The van der Waals surface area contributed by atoms with Gasteiger partial charge < -0.3 is 10.2 Å². The fourth-order valence-corrected chi connectivity index (χ4v) is 4.88. The number of hydrogen-bond acceptors (Lipinski definition) is 6. The maximum absolute atomic E-state index is 13.0. The van der Waals surface area contributed by atoms with Crippen LogP contribution in [0.2, 0.25) is 0 Å². The number of carbonyl (C=O) groups is 4. The second-order valence-electron chi connectivity index (χ2n) is 11.3. The van der Waals surface area contributed by atoms with Crippen LogP contribution in [0.1, 0.15) is 130 Å². The minimum absolute atomic E-state index is 0.0757. The van der Waals surface area contributed by atoms with Crippen LogP contribution in [0.15, 0.2) is 36.4 Å². The number of hydrazine groups is 2. The summed E-state index contributed by atoms with van der Waals surface area (Å²) in [4.78, 5) is 50.8. The van der Waals surface area contributed by atoms with Gasteiger partial charge in [-0.1, -0.05) is 71.4 Å². The van der Waals surface area contributed by atoms with Crippen molar-refractivity contribution in [1.29, 1.82) is 0 Å². The minimum atomic E-state index is -0.611. The summed E-state index contributed by atoms with van der Waals surface area (Å²) in [5.74, 6) is -2.75.